The smallest absolute Gasteiger partial charge is 0.227 e. The number of ether oxygens (including phenoxy) is 3. The summed E-state index contributed by atoms with van der Waals surface area (Å²) in [5, 5.41) is 3.73. The monoisotopic (exact) mass is 604 g/mol. The Morgan fingerprint density at radius 2 is 1.56 bits per heavy atom. The lowest BCUT2D eigenvalue weighted by Crippen LogP contribution is -2.52. The zero-order chi connectivity index (χ0) is 28.9. The maximum atomic E-state index is 15.1. The number of nitrogens with zero attached hydrogens (tertiary/aromatic N) is 5. The number of aromatic nitrogens is 2. The topological polar surface area (TPSA) is 75.2 Å². The van der Waals surface area contributed by atoms with Crippen molar-refractivity contribution in [2.45, 2.75) is 25.5 Å². The SMILES string of the molecule is COc1cc(OC)c(Cl)c(COc2cnc(Nc3ccc(N4CCC(N5CCN(C)CC5)CC4)c(F)c3)nc2)c1Cl. The van der Waals surface area contributed by atoms with Crippen LogP contribution in [0.3, 0.4) is 0 Å². The van der Waals surface area contributed by atoms with Gasteiger partial charge in [-0.2, -0.15) is 0 Å². The van der Waals surface area contributed by atoms with Crippen LogP contribution in [0.2, 0.25) is 10.0 Å². The number of piperidine rings is 1. The summed E-state index contributed by atoms with van der Waals surface area (Å²) in [5.41, 5.74) is 1.71. The van der Waals surface area contributed by atoms with Crippen molar-refractivity contribution in [3.8, 4) is 17.2 Å². The standard InChI is InChI=1S/C29H35Cl2FN6O3/c1-36-10-12-37(13-11-36)20-6-8-38(9-7-20)24-5-4-19(14-23(24)32)35-29-33-16-21(17-34-29)41-18-22-27(30)25(39-2)15-26(40-3)28(22)31/h4-5,14-17,20H,6-13,18H2,1-3H3,(H,33,34,35). The van der Waals surface area contributed by atoms with Crippen molar-refractivity contribution in [2.75, 3.05) is 70.8 Å². The Labute approximate surface area is 250 Å². The Bertz CT molecular complexity index is 1300. The third-order valence-electron chi connectivity index (χ3n) is 7.74. The van der Waals surface area contributed by atoms with Crippen LogP contribution in [0.1, 0.15) is 18.4 Å². The predicted molar refractivity (Wildman–Crippen MR) is 160 cm³/mol. The summed E-state index contributed by atoms with van der Waals surface area (Å²) in [6.07, 6.45) is 5.14. The number of anilines is 3. The van der Waals surface area contributed by atoms with Gasteiger partial charge >= 0.3 is 0 Å². The number of hydrogen-bond acceptors (Lipinski definition) is 9. The highest BCUT2D eigenvalue weighted by molar-refractivity contribution is 6.37. The molecule has 41 heavy (non-hydrogen) atoms. The first-order valence-electron chi connectivity index (χ1n) is 13.6. The quantitative estimate of drug-likeness (QED) is 0.342. The summed E-state index contributed by atoms with van der Waals surface area (Å²) in [7, 11) is 5.19. The maximum Gasteiger partial charge on any atom is 0.227 e. The minimum absolute atomic E-state index is 0.0562. The van der Waals surface area contributed by atoms with Crippen molar-refractivity contribution in [1.82, 2.24) is 19.8 Å². The molecule has 2 fully saturated rings. The van der Waals surface area contributed by atoms with Gasteiger partial charge < -0.3 is 29.3 Å². The van der Waals surface area contributed by atoms with Crippen LogP contribution in [0.5, 0.6) is 17.2 Å². The van der Waals surface area contributed by atoms with Gasteiger partial charge in [0, 0.05) is 62.6 Å². The molecular formula is C29H35Cl2FN6O3. The first-order valence-corrected chi connectivity index (χ1v) is 14.4. The molecule has 2 aliphatic rings. The van der Waals surface area contributed by atoms with Crippen molar-refractivity contribution < 1.29 is 18.6 Å². The lowest BCUT2D eigenvalue weighted by atomic mass is 10.0. The third-order valence-corrected chi connectivity index (χ3v) is 8.57. The van der Waals surface area contributed by atoms with E-state index in [4.69, 9.17) is 37.4 Å². The zero-order valence-electron chi connectivity index (χ0n) is 23.5. The molecule has 2 saturated heterocycles. The summed E-state index contributed by atoms with van der Waals surface area (Å²) in [4.78, 5) is 15.7. The lowest BCUT2D eigenvalue weighted by Gasteiger charge is -2.42. The molecule has 3 aromatic rings. The van der Waals surface area contributed by atoms with E-state index >= 15 is 4.39 Å². The summed E-state index contributed by atoms with van der Waals surface area (Å²) in [5.74, 6) is 1.31. The van der Waals surface area contributed by atoms with E-state index in [0.717, 1.165) is 52.1 Å². The molecule has 0 atom stereocenters. The Kier molecular flexibility index (Phi) is 9.54. The second-order valence-electron chi connectivity index (χ2n) is 10.3. The molecule has 2 aliphatic heterocycles. The normalized spacial score (nSPS) is 17.0. The molecule has 1 N–H and O–H groups in total. The number of rotatable bonds is 9. The fraction of sp³-hybridized carbons (Fsp3) is 0.448. The van der Waals surface area contributed by atoms with Gasteiger partial charge in [0.1, 0.15) is 23.9 Å². The van der Waals surface area contributed by atoms with Gasteiger partial charge in [-0.3, -0.25) is 4.90 Å². The molecule has 3 heterocycles. The average Bonchev–Trinajstić information content (AvgIpc) is 2.99. The number of halogens is 3. The van der Waals surface area contributed by atoms with E-state index in [2.05, 4.69) is 37.0 Å². The van der Waals surface area contributed by atoms with Crippen LogP contribution in [-0.4, -0.2) is 86.3 Å². The number of methoxy groups -OCH3 is 2. The van der Waals surface area contributed by atoms with Gasteiger partial charge in [-0.15, -0.1) is 0 Å². The van der Waals surface area contributed by atoms with Gasteiger partial charge in [0.15, 0.2) is 5.75 Å². The molecule has 0 radical (unpaired) electrons. The highest BCUT2D eigenvalue weighted by Crippen LogP contribution is 2.40. The van der Waals surface area contributed by atoms with Gasteiger partial charge in [0.2, 0.25) is 5.95 Å². The van der Waals surface area contributed by atoms with Crippen LogP contribution in [0.4, 0.5) is 21.7 Å². The van der Waals surface area contributed by atoms with Crippen LogP contribution in [0.15, 0.2) is 36.7 Å². The zero-order valence-corrected chi connectivity index (χ0v) is 25.0. The predicted octanol–water partition coefficient (Wildman–Crippen LogP) is 5.48. The Morgan fingerprint density at radius 3 is 2.15 bits per heavy atom. The molecule has 0 aliphatic carbocycles. The third kappa shape index (κ3) is 6.89. The molecule has 0 saturated carbocycles. The van der Waals surface area contributed by atoms with Gasteiger partial charge in [-0.25, -0.2) is 14.4 Å². The van der Waals surface area contributed by atoms with Gasteiger partial charge in [-0.05, 0) is 38.1 Å². The summed E-state index contributed by atoms with van der Waals surface area (Å²) in [6, 6.07) is 7.35. The van der Waals surface area contributed by atoms with Gasteiger partial charge in [0.05, 0.1) is 42.3 Å². The summed E-state index contributed by atoms with van der Waals surface area (Å²) < 4.78 is 31.5. The van der Waals surface area contributed by atoms with E-state index in [0.29, 0.717) is 56.2 Å². The van der Waals surface area contributed by atoms with Crippen LogP contribution >= 0.6 is 23.2 Å². The van der Waals surface area contributed by atoms with Crippen LogP contribution < -0.4 is 24.4 Å². The molecule has 0 unspecified atom stereocenters. The minimum atomic E-state index is -0.268. The second kappa shape index (κ2) is 13.3. The number of benzene rings is 2. The van der Waals surface area contributed by atoms with Crippen molar-refractivity contribution in [3.05, 3.63) is 58.1 Å². The maximum absolute atomic E-state index is 15.1. The number of nitrogens with one attached hydrogen (secondary N) is 1. The fourth-order valence-corrected chi connectivity index (χ4v) is 5.91. The van der Waals surface area contributed by atoms with Crippen LogP contribution in [0.25, 0.3) is 0 Å². The highest BCUT2D eigenvalue weighted by atomic mass is 35.5. The van der Waals surface area contributed by atoms with Gasteiger partial charge in [-0.1, -0.05) is 23.2 Å². The van der Waals surface area contributed by atoms with Crippen molar-refractivity contribution in [2.24, 2.45) is 0 Å². The van der Waals surface area contributed by atoms with E-state index < -0.39 is 0 Å². The van der Waals surface area contributed by atoms with E-state index in [1.54, 1.807) is 6.07 Å². The largest absolute Gasteiger partial charge is 0.495 e. The summed E-state index contributed by atoms with van der Waals surface area (Å²) >= 11 is 12.8. The van der Waals surface area contributed by atoms with E-state index in [-0.39, 0.29) is 12.4 Å². The lowest BCUT2D eigenvalue weighted by molar-refractivity contribution is 0.0981. The molecule has 12 heteroatoms. The fourth-order valence-electron chi connectivity index (χ4n) is 5.30. The van der Waals surface area contributed by atoms with Crippen molar-refractivity contribution in [1.29, 1.82) is 0 Å². The van der Waals surface area contributed by atoms with Crippen LogP contribution in [-0.2, 0) is 6.61 Å². The molecule has 1 aromatic heterocycles. The highest BCUT2D eigenvalue weighted by Gasteiger charge is 2.27. The molecule has 220 valence electrons. The first kappa shape index (κ1) is 29.4. The Hall–Kier alpha value is -3.05. The summed E-state index contributed by atoms with van der Waals surface area (Å²) in [6.45, 7) is 6.22. The van der Waals surface area contributed by atoms with E-state index in [1.165, 1.54) is 32.7 Å². The molecular weight excluding hydrogens is 570 g/mol. The second-order valence-corrected chi connectivity index (χ2v) is 11.0. The molecule has 2 aromatic carbocycles. The average molecular weight is 606 g/mol. The number of piperazine rings is 1. The van der Waals surface area contributed by atoms with E-state index in [1.807, 2.05) is 12.1 Å². The molecule has 0 bridgehead atoms. The molecule has 5 rings (SSSR count). The van der Waals surface area contributed by atoms with Gasteiger partial charge in [0.25, 0.3) is 0 Å². The Balaban J connectivity index is 1.16. The first-order chi connectivity index (χ1) is 19.9. The van der Waals surface area contributed by atoms with Crippen molar-refractivity contribution in [3.63, 3.8) is 0 Å². The molecule has 0 spiro atoms. The van der Waals surface area contributed by atoms with E-state index in [9.17, 15) is 0 Å². The van der Waals surface area contributed by atoms with Crippen molar-refractivity contribution >= 4 is 40.5 Å². The molecule has 9 nitrogen and oxygen atoms in total. The number of likely N-dealkylation sites (N-methyl/N-ethyl adjacent to an activating group) is 1. The number of hydrogen-bond donors (Lipinski definition) is 1. The minimum Gasteiger partial charge on any atom is -0.495 e. The molecule has 0 amide bonds. The Morgan fingerprint density at radius 1 is 0.927 bits per heavy atom. The van der Waals surface area contributed by atoms with Crippen LogP contribution in [0, 0.1) is 5.82 Å².